The van der Waals surface area contributed by atoms with Gasteiger partial charge in [0, 0.05) is 6.61 Å². The topological polar surface area (TPSA) is 20.2 Å². The molecule has 0 aromatic rings. The molecule has 0 rings (SSSR count). The van der Waals surface area contributed by atoms with E-state index in [9.17, 15) is 0 Å². The highest BCUT2D eigenvalue weighted by atomic mass is 16.2. The van der Waals surface area contributed by atoms with Gasteiger partial charge in [-0.3, -0.25) is 0 Å². The monoisotopic (exact) mass is 202 g/mol. The van der Waals surface area contributed by atoms with Crippen LogP contribution in [0.3, 0.4) is 0 Å². The third kappa shape index (κ3) is 22.7. The lowest BCUT2D eigenvalue weighted by Gasteiger charge is -1.93. The molecule has 0 saturated carbocycles. The van der Waals surface area contributed by atoms with E-state index in [1.165, 1.54) is 44.9 Å². The van der Waals surface area contributed by atoms with Crippen molar-refractivity contribution in [2.24, 2.45) is 0 Å². The van der Waals surface area contributed by atoms with Crippen molar-refractivity contribution in [3.63, 3.8) is 0 Å². The van der Waals surface area contributed by atoms with E-state index in [-0.39, 0.29) is 0 Å². The average Bonchev–Trinajstić information content (AvgIpc) is 2.22. The summed E-state index contributed by atoms with van der Waals surface area (Å²) in [5.41, 5.74) is 0. The lowest BCUT2D eigenvalue weighted by atomic mass is 10.1. The van der Waals surface area contributed by atoms with Crippen LogP contribution in [0.1, 0.15) is 78.6 Å². The van der Waals surface area contributed by atoms with Crippen LogP contribution in [-0.2, 0) is 0 Å². The van der Waals surface area contributed by atoms with Crippen LogP contribution in [0, 0.1) is 0 Å². The first kappa shape index (κ1) is 16.4. The van der Waals surface area contributed by atoms with E-state index in [2.05, 4.69) is 20.8 Å². The van der Waals surface area contributed by atoms with Crippen LogP contribution in [0.15, 0.2) is 0 Å². The van der Waals surface area contributed by atoms with Crippen LogP contribution in [0.4, 0.5) is 0 Å². The zero-order valence-electron chi connectivity index (χ0n) is 10.5. The largest absolute Gasteiger partial charge is 0.396 e. The van der Waals surface area contributed by atoms with E-state index >= 15 is 0 Å². The molecule has 1 heteroatoms. The summed E-state index contributed by atoms with van der Waals surface area (Å²) in [6.45, 7) is 6.99. The summed E-state index contributed by atoms with van der Waals surface area (Å²) in [6.07, 6.45) is 11.8. The SMILES string of the molecule is CCCCCCCC.CCCCCO. The van der Waals surface area contributed by atoms with Crippen molar-refractivity contribution in [3.8, 4) is 0 Å². The van der Waals surface area contributed by atoms with Crippen LogP contribution in [0.25, 0.3) is 0 Å². The summed E-state index contributed by atoms with van der Waals surface area (Å²) in [5.74, 6) is 0. The summed E-state index contributed by atoms with van der Waals surface area (Å²) in [5, 5.41) is 8.20. The highest BCUT2D eigenvalue weighted by Gasteiger charge is 1.83. The van der Waals surface area contributed by atoms with Gasteiger partial charge in [-0.05, 0) is 6.42 Å². The fraction of sp³-hybridized carbons (Fsp3) is 1.00. The minimum absolute atomic E-state index is 0.355. The second-order valence-corrected chi connectivity index (χ2v) is 3.84. The number of aliphatic hydroxyl groups is 1. The normalized spacial score (nSPS) is 9.43. The van der Waals surface area contributed by atoms with Gasteiger partial charge in [0.25, 0.3) is 0 Å². The molecular weight excluding hydrogens is 172 g/mol. The van der Waals surface area contributed by atoms with E-state index in [1.54, 1.807) is 0 Å². The van der Waals surface area contributed by atoms with E-state index in [0.717, 1.165) is 12.8 Å². The maximum atomic E-state index is 8.20. The van der Waals surface area contributed by atoms with E-state index in [1.807, 2.05) is 0 Å². The molecule has 0 spiro atoms. The Morgan fingerprint density at radius 1 is 0.571 bits per heavy atom. The smallest absolute Gasteiger partial charge is 0.0431 e. The van der Waals surface area contributed by atoms with Gasteiger partial charge in [-0.2, -0.15) is 0 Å². The zero-order valence-corrected chi connectivity index (χ0v) is 10.5. The molecule has 0 bridgehead atoms. The second-order valence-electron chi connectivity index (χ2n) is 3.84. The fourth-order valence-electron chi connectivity index (χ4n) is 1.22. The number of unbranched alkanes of at least 4 members (excludes halogenated alkanes) is 7. The lowest BCUT2D eigenvalue weighted by molar-refractivity contribution is 0.284. The lowest BCUT2D eigenvalue weighted by Crippen LogP contribution is -1.78. The Bertz CT molecular complexity index is 61.6. The Labute approximate surface area is 90.9 Å². The van der Waals surface area contributed by atoms with Crippen molar-refractivity contribution in [2.75, 3.05) is 6.61 Å². The predicted octanol–water partition coefficient (Wildman–Crippen LogP) is 4.54. The third-order valence-electron chi connectivity index (χ3n) is 2.22. The summed E-state index contributed by atoms with van der Waals surface area (Å²) in [6, 6.07) is 0. The molecular formula is C13H30O. The summed E-state index contributed by atoms with van der Waals surface area (Å²) in [4.78, 5) is 0. The molecule has 0 amide bonds. The van der Waals surface area contributed by atoms with Crippen molar-refractivity contribution in [1.82, 2.24) is 0 Å². The minimum atomic E-state index is 0.355. The maximum Gasteiger partial charge on any atom is 0.0431 e. The van der Waals surface area contributed by atoms with Crippen LogP contribution in [0.2, 0.25) is 0 Å². The van der Waals surface area contributed by atoms with Gasteiger partial charge in [0.15, 0.2) is 0 Å². The Morgan fingerprint density at radius 3 is 1.14 bits per heavy atom. The fourth-order valence-corrected chi connectivity index (χ4v) is 1.22. The molecule has 0 unspecified atom stereocenters. The van der Waals surface area contributed by atoms with Gasteiger partial charge in [0.1, 0.15) is 0 Å². The molecule has 0 aliphatic rings. The molecule has 0 heterocycles. The first-order chi connectivity index (χ1) is 6.83. The third-order valence-corrected chi connectivity index (χ3v) is 2.22. The minimum Gasteiger partial charge on any atom is -0.396 e. The van der Waals surface area contributed by atoms with Crippen molar-refractivity contribution in [3.05, 3.63) is 0 Å². The van der Waals surface area contributed by atoms with Crippen molar-refractivity contribution in [2.45, 2.75) is 78.6 Å². The molecule has 14 heavy (non-hydrogen) atoms. The van der Waals surface area contributed by atoms with Gasteiger partial charge in [-0.15, -0.1) is 0 Å². The van der Waals surface area contributed by atoms with Crippen molar-refractivity contribution in [1.29, 1.82) is 0 Å². The molecule has 0 fully saturated rings. The molecule has 88 valence electrons. The van der Waals surface area contributed by atoms with E-state index in [0.29, 0.717) is 6.61 Å². The Hall–Kier alpha value is -0.0400. The Morgan fingerprint density at radius 2 is 0.929 bits per heavy atom. The number of hydrogen-bond acceptors (Lipinski definition) is 1. The van der Waals surface area contributed by atoms with Gasteiger partial charge >= 0.3 is 0 Å². The highest BCUT2D eigenvalue weighted by molar-refractivity contribution is 4.39. The maximum absolute atomic E-state index is 8.20. The van der Waals surface area contributed by atoms with E-state index < -0.39 is 0 Å². The van der Waals surface area contributed by atoms with E-state index in [4.69, 9.17) is 5.11 Å². The van der Waals surface area contributed by atoms with Gasteiger partial charge in [0.2, 0.25) is 0 Å². The van der Waals surface area contributed by atoms with Crippen molar-refractivity contribution < 1.29 is 5.11 Å². The first-order valence-electron chi connectivity index (χ1n) is 6.44. The van der Waals surface area contributed by atoms with Gasteiger partial charge in [-0.25, -0.2) is 0 Å². The van der Waals surface area contributed by atoms with Crippen molar-refractivity contribution >= 4 is 0 Å². The van der Waals surface area contributed by atoms with Gasteiger partial charge in [0.05, 0.1) is 0 Å². The number of aliphatic hydroxyl groups excluding tert-OH is 1. The quantitative estimate of drug-likeness (QED) is 0.573. The predicted molar refractivity (Wildman–Crippen MR) is 65.7 cm³/mol. The zero-order chi connectivity index (χ0) is 11.1. The molecule has 0 aromatic carbocycles. The summed E-state index contributed by atoms with van der Waals surface area (Å²) >= 11 is 0. The van der Waals surface area contributed by atoms with Gasteiger partial charge in [-0.1, -0.05) is 72.1 Å². The molecule has 0 atom stereocenters. The van der Waals surface area contributed by atoms with Crippen LogP contribution in [-0.4, -0.2) is 11.7 Å². The number of hydrogen-bond donors (Lipinski definition) is 1. The first-order valence-corrected chi connectivity index (χ1v) is 6.44. The molecule has 0 aromatic heterocycles. The summed E-state index contributed by atoms with van der Waals surface area (Å²) < 4.78 is 0. The van der Waals surface area contributed by atoms with Crippen LogP contribution < -0.4 is 0 Å². The molecule has 0 aliphatic carbocycles. The number of rotatable bonds is 8. The molecule has 0 aliphatic heterocycles. The van der Waals surface area contributed by atoms with Crippen LogP contribution in [0.5, 0.6) is 0 Å². The molecule has 1 N–H and O–H groups in total. The van der Waals surface area contributed by atoms with Gasteiger partial charge < -0.3 is 5.11 Å². The molecule has 0 radical (unpaired) electrons. The van der Waals surface area contributed by atoms with Crippen LogP contribution >= 0.6 is 0 Å². The highest BCUT2D eigenvalue weighted by Crippen LogP contribution is 2.03. The molecule has 1 nitrogen and oxygen atoms in total. The second kappa shape index (κ2) is 18.7. The average molecular weight is 202 g/mol. The molecule has 0 saturated heterocycles. The Kier molecular flexibility index (Phi) is 21.9. The summed E-state index contributed by atoms with van der Waals surface area (Å²) in [7, 11) is 0. The standard InChI is InChI=1S/C8H18.C5H12O/c1-3-5-7-8-6-4-2;1-2-3-4-5-6/h3-8H2,1-2H3;6H,2-5H2,1H3. The Balaban J connectivity index is 0.